The third kappa shape index (κ3) is 6.10. The van der Waals surface area contributed by atoms with Gasteiger partial charge in [-0.1, -0.05) is 0 Å². The first kappa shape index (κ1) is 13.6. The number of primary amides is 1. The fourth-order valence-corrected chi connectivity index (χ4v) is 0.766. The van der Waals surface area contributed by atoms with Crippen LogP contribution < -0.4 is 5.73 Å². The van der Waals surface area contributed by atoms with Gasteiger partial charge in [-0.25, -0.2) is 0 Å². The minimum atomic E-state index is -1.07. The second-order valence-corrected chi connectivity index (χ2v) is 2.78. The van der Waals surface area contributed by atoms with E-state index in [1.807, 2.05) is 6.92 Å². The molecular weight excluding hydrogens is 210 g/mol. The van der Waals surface area contributed by atoms with E-state index in [2.05, 4.69) is 4.98 Å². The number of aromatic nitrogens is 1. The molecule has 1 aromatic heterocycles. The second kappa shape index (κ2) is 6.95. The number of rotatable bonds is 2. The van der Waals surface area contributed by atoms with E-state index < -0.39 is 18.3 Å². The number of aryl methyl sites for hydroxylation is 1. The van der Waals surface area contributed by atoms with Gasteiger partial charge >= 0.3 is 5.97 Å². The first-order valence-corrected chi connectivity index (χ1v) is 4.28. The van der Waals surface area contributed by atoms with Crippen molar-refractivity contribution >= 4 is 11.9 Å². The molecule has 0 unspecified atom stereocenters. The van der Waals surface area contributed by atoms with Crippen LogP contribution in [0.5, 0.6) is 0 Å². The Morgan fingerprint density at radius 1 is 1.62 bits per heavy atom. The lowest BCUT2D eigenvalue weighted by Gasteiger charge is -1.93. The Morgan fingerprint density at radius 2 is 2.25 bits per heavy atom. The van der Waals surface area contributed by atoms with Crippen LogP contribution in [-0.2, 0) is 4.79 Å². The van der Waals surface area contributed by atoms with Gasteiger partial charge in [0.1, 0.15) is 6.42 Å². The van der Waals surface area contributed by atoms with Crippen molar-refractivity contribution in [2.24, 2.45) is 5.73 Å². The number of amides is 1. The first-order valence-electron chi connectivity index (χ1n) is 4.28. The van der Waals surface area contributed by atoms with Crippen molar-refractivity contribution in [2.75, 3.05) is 0 Å². The zero-order valence-corrected chi connectivity index (χ0v) is 8.67. The largest absolute Gasteiger partial charge is 0.480 e. The molecule has 0 radical (unpaired) electrons. The van der Waals surface area contributed by atoms with Crippen molar-refractivity contribution in [1.82, 2.24) is 4.98 Å². The third-order valence-electron chi connectivity index (χ3n) is 1.41. The van der Waals surface area contributed by atoms with Crippen molar-refractivity contribution in [3.63, 3.8) is 0 Å². The summed E-state index contributed by atoms with van der Waals surface area (Å²) in [5.41, 5.74) is 6.32. The highest BCUT2D eigenvalue weighted by atomic mass is 16.4. The molecule has 0 aromatic carbocycles. The predicted molar refractivity (Wildman–Crippen MR) is 55.4 cm³/mol. The maximum Gasteiger partial charge on any atom is 0.317 e. The molecule has 1 aromatic rings. The van der Waals surface area contributed by atoms with Crippen LogP contribution in [0, 0.1) is 18.3 Å². The molecule has 84 valence electrons. The number of aliphatic carboxylic acids is 1. The molecule has 0 atom stereocenters. The Morgan fingerprint density at radius 3 is 2.50 bits per heavy atom. The van der Waals surface area contributed by atoms with Crippen molar-refractivity contribution in [1.29, 1.82) is 5.26 Å². The number of carboxylic acid groups (broad SMARTS) is 1. The van der Waals surface area contributed by atoms with Gasteiger partial charge in [0.25, 0.3) is 0 Å². The maximum atomic E-state index is 10.5. The maximum absolute atomic E-state index is 10.5. The zero-order chi connectivity index (χ0) is 12.6. The predicted octanol–water partition coefficient (Wildman–Crippen LogP) is 0.474. The molecule has 0 aliphatic heterocycles. The molecule has 0 spiro atoms. The van der Waals surface area contributed by atoms with E-state index in [0.29, 0.717) is 5.56 Å². The highest BCUT2D eigenvalue weighted by Crippen LogP contribution is 1.98. The molecule has 0 aliphatic rings. The molecule has 1 rings (SSSR count). The van der Waals surface area contributed by atoms with Gasteiger partial charge in [0, 0.05) is 17.5 Å². The number of hydrogen-bond donors (Lipinski definition) is 2. The fraction of sp³-hybridized carbons (Fsp3) is 0.200. The number of nitrogens with two attached hydrogens (primary N) is 1. The van der Waals surface area contributed by atoms with Crippen molar-refractivity contribution in [3.8, 4) is 6.07 Å². The number of carboxylic acids is 1. The number of nitrogens with zero attached hydrogens (tertiary/aromatic N) is 2. The summed E-state index contributed by atoms with van der Waals surface area (Å²) in [6.45, 7) is 1.81. The normalized spacial score (nSPS) is 8.25. The first-order chi connectivity index (χ1) is 7.47. The Kier molecular flexibility index (Phi) is 5.90. The van der Waals surface area contributed by atoms with Gasteiger partial charge in [0.15, 0.2) is 0 Å². The van der Waals surface area contributed by atoms with Gasteiger partial charge in [-0.2, -0.15) is 5.26 Å². The fourth-order valence-electron chi connectivity index (χ4n) is 0.766. The summed E-state index contributed by atoms with van der Waals surface area (Å²) in [6.07, 6.45) is 1.16. The highest BCUT2D eigenvalue weighted by Gasteiger charge is 1.97. The molecule has 0 bridgehead atoms. The molecular formula is C10H11N3O3. The number of nitriles is 1. The van der Waals surface area contributed by atoms with Gasteiger partial charge in [0.05, 0.1) is 6.07 Å². The van der Waals surface area contributed by atoms with Crippen LogP contribution in [0.15, 0.2) is 18.3 Å². The average molecular weight is 221 g/mol. The van der Waals surface area contributed by atoms with Crippen LogP contribution in [-0.4, -0.2) is 22.0 Å². The molecule has 0 saturated carbocycles. The van der Waals surface area contributed by atoms with E-state index in [4.69, 9.17) is 16.1 Å². The van der Waals surface area contributed by atoms with E-state index in [1.165, 1.54) is 6.07 Å². The second-order valence-electron chi connectivity index (χ2n) is 2.78. The minimum absolute atomic E-state index is 0.403. The van der Waals surface area contributed by atoms with E-state index in [0.717, 1.165) is 5.69 Å². The van der Waals surface area contributed by atoms with E-state index in [9.17, 15) is 9.59 Å². The lowest BCUT2D eigenvalue weighted by atomic mass is 10.2. The summed E-state index contributed by atoms with van der Waals surface area (Å²) in [5.74, 6) is -1.48. The lowest BCUT2D eigenvalue weighted by molar-refractivity contribution is -0.135. The molecule has 6 heteroatoms. The van der Waals surface area contributed by atoms with Crippen molar-refractivity contribution in [2.45, 2.75) is 13.3 Å². The summed E-state index contributed by atoms with van der Waals surface area (Å²) >= 11 is 0. The van der Waals surface area contributed by atoms with Gasteiger partial charge in [-0.05, 0) is 19.1 Å². The highest BCUT2D eigenvalue weighted by molar-refractivity contribution is 5.92. The monoisotopic (exact) mass is 221 g/mol. The quantitative estimate of drug-likeness (QED) is 0.752. The number of carbonyl (C=O) groups is 2. The summed E-state index contributed by atoms with van der Waals surface area (Å²) < 4.78 is 0. The Hall–Kier alpha value is -2.42. The SMILES string of the molecule is Cc1cc(C(N)=O)ccn1.N#CCC(=O)O. The molecule has 0 saturated heterocycles. The topological polar surface area (TPSA) is 117 Å². The minimum Gasteiger partial charge on any atom is -0.480 e. The number of hydrogen-bond acceptors (Lipinski definition) is 4. The average Bonchev–Trinajstić information content (AvgIpc) is 2.18. The van der Waals surface area contributed by atoms with E-state index in [1.54, 1.807) is 18.3 Å². The summed E-state index contributed by atoms with van der Waals surface area (Å²) in [5, 5.41) is 15.3. The Balaban J connectivity index is 0.000000325. The Bertz CT molecular complexity index is 424. The van der Waals surface area contributed by atoms with Crippen LogP contribution in [0.25, 0.3) is 0 Å². The molecule has 0 fully saturated rings. The van der Waals surface area contributed by atoms with E-state index >= 15 is 0 Å². The van der Waals surface area contributed by atoms with Crippen molar-refractivity contribution < 1.29 is 14.7 Å². The molecule has 1 heterocycles. The van der Waals surface area contributed by atoms with Crippen LogP contribution >= 0.6 is 0 Å². The number of pyridine rings is 1. The van der Waals surface area contributed by atoms with Gasteiger partial charge in [0.2, 0.25) is 5.91 Å². The third-order valence-corrected chi connectivity index (χ3v) is 1.41. The van der Waals surface area contributed by atoms with Gasteiger partial charge in [-0.15, -0.1) is 0 Å². The van der Waals surface area contributed by atoms with Crippen LogP contribution in [0.2, 0.25) is 0 Å². The van der Waals surface area contributed by atoms with Crippen molar-refractivity contribution in [3.05, 3.63) is 29.6 Å². The summed E-state index contributed by atoms with van der Waals surface area (Å²) in [4.78, 5) is 23.8. The van der Waals surface area contributed by atoms with Gasteiger partial charge < -0.3 is 10.8 Å². The van der Waals surface area contributed by atoms with E-state index in [-0.39, 0.29) is 0 Å². The molecule has 16 heavy (non-hydrogen) atoms. The lowest BCUT2D eigenvalue weighted by Crippen LogP contribution is -2.10. The molecule has 0 aliphatic carbocycles. The zero-order valence-electron chi connectivity index (χ0n) is 8.67. The Labute approximate surface area is 92.3 Å². The number of carbonyl (C=O) groups excluding carboxylic acids is 1. The van der Waals surface area contributed by atoms with Crippen LogP contribution in [0.3, 0.4) is 0 Å². The smallest absolute Gasteiger partial charge is 0.317 e. The van der Waals surface area contributed by atoms with Gasteiger partial charge in [-0.3, -0.25) is 14.6 Å². The summed E-state index contributed by atoms with van der Waals surface area (Å²) in [7, 11) is 0. The van der Waals surface area contributed by atoms with Crippen LogP contribution in [0.4, 0.5) is 0 Å². The molecule has 1 amide bonds. The molecule has 6 nitrogen and oxygen atoms in total. The summed E-state index contributed by atoms with van der Waals surface area (Å²) in [6, 6.07) is 4.72. The standard InChI is InChI=1S/C7H8N2O.C3H3NO2/c1-5-4-6(7(8)10)2-3-9-5;4-2-1-3(5)6/h2-4H,1H3,(H2,8,10);1H2,(H,5,6). The van der Waals surface area contributed by atoms with Crippen LogP contribution in [0.1, 0.15) is 22.5 Å². The molecule has 3 N–H and O–H groups in total.